The standard InChI is InChI=1S/C14H13ClO3/c1-14(2,7-16)10-8-3-5-18-13(8)11(15)9-4-6-17-12(9)10/h3-6,16H,7H2,1-2H3. The summed E-state index contributed by atoms with van der Waals surface area (Å²) in [6.45, 7) is 3.94. The molecule has 0 bridgehead atoms. The Morgan fingerprint density at radius 1 is 1.11 bits per heavy atom. The van der Waals surface area contributed by atoms with E-state index in [0.717, 1.165) is 16.3 Å². The molecule has 2 aromatic heterocycles. The Balaban J connectivity index is 2.56. The van der Waals surface area contributed by atoms with E-state index in [1.807, 2.05) is 26.0 Å². The second-order valence-corrected chi connectivity index (χ2v) is 5.44. The van der Waals surface area contributed by atoms with Crippen molar-refractivity contribution in [2.45, 2.75) is 19.3 Å². The first-order chi connectivity index (χ1) is 8.56. The highest BCUT2D eigenvalue weighted by atomic mass is 35.5. The zero-order valence-corrected chi connectivity index (χ0v) is 10.9. The molecule has 4 heteroatoms. The molecule has 0 unspecified atom stereocenters. The summed E-state index contributed by atoms with van der Waals surface area (Å²) >= 11 is 6.31. The van der Waals surface area contributed by atoms with Crippen molar-refractivity contribution in [3.8, 4) is 0 Å². The van der Waals surface area contributed by atoms with Crippen molar-refractivity contribution in [3.63, 3.8) is 0 Å². The number of hydrogen-bond acceptors (Lipinski definition) is 3. The van der Waals surface area contributed by atoms with Crippen LogP contribution in [0.15, 0.2) is 33.5 Å². The van der Waals surface area contributed by atoms with Crippen LogP contribution in [0.2, 0.25) is 5.02 Å². The molecule has 0 saturated heterocycles. The Morgan fingerprint density at radius 2 is 1.72 bits per heavy atom. The quantitative estimate of drug-likeness (QED) is 0.758. The molecule has 18 heavy (non-hydrogen) atoms. The molecule has 0 radical (unpaired) electrons. The van der Waals surface area contributed by atoms with Crippen LogP contribution in [-0.4, -0.2) is 11.7 Å². The lowest BCUT2D eigenvalue weighted by Crippen LogP contribution is -2.22. The van der Waals surface area contributed by atoms with Gasteiger partial charge in [-0.15, -0.1) is 0 Å². The van der Waals surface area contributed by atoms with Crippen molar-refractivity contribution < 1.29 is 13.9 Å². The summed E-state index contributed by atoms with van der Waals surface area (Å²) in [6, 6.07) is 3.67. The van der Waals surface area contributed by atoms with Crippen molar-refractivity contribution in [2.24, 2.45) is 0 Å². The molecule has 1 aromatic carbocycles. The molecule has 0 aliphatic carbocycles. The third-order valence-electron chi connectivity index (χ3n) is 3.33. The maximum Gasteiger partial charge on any atom is 0.153 e. The lowest BCUT2D eigenvalue weighted by atomic mass is 9.82. The monoisotopic (exact) mass is 264 g/mol. The van der Waals surface area contributed by atoms with Crippen molar-refractivity contribution in [1.29, 1.82) is 0 Å². The maximum atomic E-state index is 9.61. The van der Waals surface area contributed by atoms with Gasteiger partial charge in [-0.2, -0.15) is 0 Å². The van der Waals surface area contributed by atoms with E-state index < -0.39 is 5.41 Å². The molecule has 0 aliphatic heterocycles. The van der Waals surface area contributed by atoms with E-state index in [1.54, 1.807) is 12.5 Å². The van der Waals surface area contributed by atoms with Crippen LogP contribution in [0.1, 0.15) is 19.4 Å². The summed E-state index contributed by atoms with van der Waals surface area (Å²) in [7, 11) is 0. The van der Waals surface area contributed by atoms with Gasteiger partial charge in [-0.05, 0) is 12.1 Å². The Labute approximate surface area is 109 Å². The van der Waals surface area contributed by atoms with Crippen LogP contribution in [0, 0.1) is 0 Å². The smallest absolute Gasteiger partial charge is 0.153 e. The minimum Gasteiger partial charge on any atom is -0.464 e. The lowest BCUT2D eigenvalue weighted by Gasteiger charge is -2.23. The maximum absolute atomic E-state index is 9.61. The Kier molecular flexibility index (Phi) is 2.44. The fraction of sp³-hybridized carbons (Fsp3) is 0.286. The van der Waals surface area contributed by atoms with Crippen LogP contribution in [0.4, 0.5) is 0 Å². The van der Waals surface area contributed by atoms with Crippen LogP contribution in [0.5, 0.6) is 0 Å². The van der Waals surface area contributed by atoms with Gasteiger partial charge >= 0.3 is 0 Å². The molecular formula is C14H13ClO3. The van der Waals surface area contributed by atoms with E-state index in [2.05, 4.69) is 0 Å². The van der Waals surface area contributed by atoms with Crippen LogP contribution >= 0.6 is 11.6 Å². The fourth-order valence-corrected chi connectivity index (χ4v) is 2.64. The molecule has 0 spiro atoms. The van der Waals surface area contributed by atoms with Gasteiger partial charge in [0.05, 0.1) is 24.2 Å². The molecule has 1 N–H and O–H groups in total. The molecule has 3 nitrogen and oxygen atoms in total. The number of halogens is 1. The highest BCUT2D eigenvalue weighted by Crippen LogP contribution is 2.42. The van der Waals surface area contributed by atoms with E-state index in [-0.39, 0.29) is 6.61 Å². The molecule has 0 fully saturated rings. The van der Waals surface area contributed by atoms with Gasteiger partial charge in [-0.25, -0.2) is 0 Å². The average molecular weight is 265 g/mol. The molecule has 0 aliphatic rings. The van der Waals surface area contributed by atoms with Crippen LogP contribution < -0.4 is 0 Å². The van der Waals surface area contributed by atoms with Gasteiger partial charge in [0.2, 0.25) is 0 Å². The largest absolute Gasteiger partial charge is 0.464 e. The number of aliphatic hydroxyl groups excluding tert-OH is 1. The number of hydrogen-bond donors (Lipinski definition) is 1. The van der Waals surface area contributed by atoms with Gasteiger partial charge < -0.3 is 13.9 Å². The topological polar surface area (TPSA) is 46.5 Å². The van der Waals surface area contributed by atoms with E-state index >= 15 is 0 Å². The van der Waals surface area contributed by atoms with Gasteiger partial charge in [0, 0.05) is 21.8 Å². The van der Waals surface area contributed by atoms with Crippen molar-refractivity contribution in [3.05, 3.63) is 35.2 Å². The van der Waals surface area contributed by atoms with Crippen molar-refractivity contribution >= 4 is 33.5 Å². The third kappa shape index (κ3) is 1.41. The predicted octanol–water partition coefficient (Wildman–Crippen LogP) is 4.10. The summed E-state index contributed by atoms with van der Waals surface area (Å²) in [5.41, 5.74) is 1.86. The summed E-state index contributed by atoms with van der Waals surface area (Å²) in [4.78, 5) is 0. The first-order valence-electron chi connectivity index (χ1n) is 5.73. The molecule has 3 rings (SSSR count). The first kappa shape index (κ1) is 11.6. The molecule has 3 aromatic rings. The zero-order chi connectivity index (χ0) is 12.9. The summed E-state index contributed by atoms with van der Waals surface area (Å²) in [5, 5.41) is 11.9. The predicted molar refractivity (Wildman–Crippen MR) is 71.1 cm³/mol. The zero-order valence-electron chi connectivity index (χ0n) is 10.2. The van der Waals surface area contributed by atoms with E-state index in [0.29, 0.717) is 16.2 Å². The molecule has 0 saturated carbocycles. The van der Waals surface area contributed by atoms with Crippen LogP contribution in [0.3, 0.4) is 0 Å². The highest BCUT2D eigenvalue weighted by molar-refractivity contribution is 6.40. The third-order valence-corrected chi connectivity index (χ3v) is 3.71. The number of rotatable bonds is 2. The summed E-state index contributed by atoms with van der Waals surface area (Å²) < 4.78 is 11.0. The van der Waals surface area contributed by atoms with Crippen molar-refractivity contribution in [1.82, 2.24) is 0 Å². The van der Waals surface area contributed by atoms with Crippen LogP contribution in [-0.2, 0) is 5.41 Å². The number of furan rings is 2. The Morgan fingerprint density at radius 3 is 2.39 bits per heavy atom. The van der Waals surface area contributed by atoms with E-state index in [1.165, 1.54) is 0 Å². The summed E-state index contributed by atoms with van der Waals surface area (Å²) in [5.74, 6) is 0. The second-order valence-electron chi connectivity index (χ2n) is 5.06. The van der Waals surface area contributed by atoms with E-state index in [9.17, 15) is 5.11 Å². The van der Waals surface area contributed by atoms with E-state index in [4.69, 9.17) is 20.4 Å². The second kappa shape index (κ2) is 3.77. The number of fused-ring (bicyclic) bond motifs is 2. The summed E-state index contributed by atoms with van der Waals surface area (Å²) in [6.07, 6.45) is 3.21. The van der Waals surface area contributed by atoms with Crippen LogP contribution in [0.25, 0.3) is 21.9 Å². The first-order valence-corrected chi connectivity index (χ1v) is 6.11. The SMILES string of the molecule is CC(C)(CO)c1c2ccoc2c(Cl)c2ccoc12. The van der Waals surface area contributed by atoms with Gasteiger partial charge in [0.25, 0.3) is 0 Å². The molecule has 94 valence electrons. The molecule has 0 amide bonds. The lowest BCUT2D eigenvalue weighted by molar-refractivity contribution is 0.219. The van der Waals surface area contributed by atoms with Crippen molar-refractivity contribution in [2.75, 3.05) is 6.61 Å². The minimum absolute atomic E-state index is 0.0186. The number of aliphatic hydroxyl groups is 1. The number of benzene rings is 1. The van der Waals surface area contributed by atoms with Gasteiger partial charge in [0.15, 0.2) is 5.58 Å². The van der Waals surface area contributed by atoms with Gasteiger partial charge in [-0.1, -0.05) is 25.4 Å². The minimum atomic E-state index is -0.428. The molecule has 0 atom stereocenters. The average Bonchev–Trinajstić information content (AvgIpc) is 2.97. The molecule has 2 heterocycles. The Hall–Kier alpha value is -1.45. The highest BCUT2D eigenvalue weighted by Gasteiger charge is 2.29. The van der Waals surface area contributed by atoms with Gasteiger partial charge in [0.1, 0.15) is 5.58 Å². The Bertz CT molecular complexity index is 669. The normalized spacial score (nSPS) is 12.7. The fourth-order valence-electron chi connectivity index (χ4n) is 2.35. The van der Waals surface area contributed by atoms with Gasteiger partial charge in [-0.3, -0.25) is 0 Å². The molecular weight excluding hydrogens is 252 g/mol.